The van der Waals surface area contributed by atoms with Gasteiger partial charge in [-0.05, 0) is 47.7 Å². The van der Waals surface area contributed by atoms with E-state index in [0.29, 0.717) is 10.8 Å². The number of hydrogen-bond acceptors (Lipinski definition) is 3. The van der Waals surface area contributed by atoms with Gasteiger partial charge in [-0.1, -0.05) is 11.6 Å². The van der Waals surface area contributed by atoms with Gasteiger partial charge in [0.05, 0.1) is 3.57 Å². The second-order valence-electron chi connectivity index (χ2n) is 2.78. The number of ether oxygens (including phenoxy) is 1. The van der Waals surface area contributed by atoms with Gasteiger partial charge in [-0.25, -0.2) is 4.79 Å². The zero-order valence-electron chi connectivity index (χ0n) is 7.46. The van der Waals surface area contributed by atoms with E-state index in [2.05, 4.69) is 0 Å². The Bertz CT molecular complexity index is 355. The Morgan fingerprint density at radius 2 is 2.29 bits per heavy atom. The van der Waals surface area contributed by atoms with Crippen molar-refractivity contribution in [2.75, 3.05) is 0 Å². The summed E-state index contributed by atoms with van der Waals surface area (Å²) in [6.07, 6.45) is 0. The van der Waals surface area contributed by atoms with E-state index in [1.165, 1.54) is 0 Å². The van der Waals surface area contributed by atoms with Crippen LogP contribution in [0.1, 0.15) is 6.92 Å². The van der Waals surface area contributed by atoms with Gasteiger partial charge in [0.25, 0.3) is 0 Å². The molecule has 14 heavy (non-hydrogen) atoms. The minimum atomic E-state index is -0.624. The third-order valence-electron chi connectivity index (χ3n) is 1.48. The number of carbonyl (C=O) groups excluding carboxylic acids is 1. The first-order valence-electron chi connectivity index (χ1n) is 3.93. The largest absolute Gasteiger partial charge is 0.424 e. The van der Waals surface area contributed by atoms with Crippen LogP contribution >= 0.6 is 34.2 Å². The Labute approximate surface area is 101 Å². The van der Waals surface area contributed by atoms with Gasteiger partial charge in [0, 0.05) is 5.02 Å². The molecule has 1 atom stereocenters. The Balaban J connectivity index is 2.82. The minimum absolute atomic E-state index is 0.453. The maximum atomic E-state index is 11.2. The normalized spacial score (nSPS) is 12.3. The van der Waals surface area contributed by atoms with E-state index in [9.17, 15) is 4.79 Å². The summed E-state index contributed by atoms with van der Waals surface area (Å²) in [5.41, 5.74) is 5.36. The average molecular weight is 326 g/mol. The number of hydrogen-bond donors (Lipinski definition) is 1. The first-order chi connectivity index (χ1) is 6.50. The maximum absolute atomic E-state index is 11.2. The van der Waals surface area contributed by atoms with Crippen molar-refractivity contribution < 1.29 is 9.53 Å². The van der Waals surface area contributed by atoms with Crippen LogP contribution in [0, 0.1) is 3.57 Å². The first kappa shape index (κ1) is 11.7. The van der Waals surface area contributed by atoms with E-state index < -0.39 is 12.0 Å². The minimum Gasteiger partial charge on any atom is -0.424 e. The van der Waals surface area contributed by atoms with Crippen LogP contribution < -0.4 is 10.5 Å². The molecular weight excluding hydrogens is 316 g/mol. The van der Waals surface area contributed by atoms with Gasteiger partial charge in [0.15, 0.2) is 0 Å². The summed E-state index contributed by atoms with van der Waals surface area (Å²) in [4.78, 5) is 11.2. The van der Waals surface area contributed by atoms with Gasteiger partial charge in [-0.2, -0.15) is 0 Å². The van der Waals surface area contributed by atoms with Crippen molar-refractivity contribution in [3.05, 3.63) is 26.8 Å². The molecule has 0 unspecified atom stereocenters. The quantitative estimate of drug-likeness (QED) is 0.515. The smallest absolute Gasteiger partial charge is 0.328 e. The van der Waals surface area contributed by atoms with Crippen LogP contribution in [-0.2, 0) is 4.79 Å². The van der Waals surface area contributed by atoms with Gasteiger partial charge < -0.3 is 10.5 Å². The summed E-state index contributed by atoms with van der Waals surface area (Å²) < 4.78 is 5.81. The fraction of sp³-hybridized carbons (Fsp3) is 0.222. The summed E-state index contributed by atoms with van der Waals surface area (Å²) in [6, 6.07) is 4.39. The molecule has 0 aliphatic rings. The van der Waals surface area contributed by atoms with Crippen molar-refractivity contribution in [3.8, 4) is 5.75 Å². The van der Waals surface area contributed by atoms with Crippen LogP contribution in [0.5, 0.6) is 5.75 Å². The number of esters is 1. The molecule has 2 N–H and O–H groups in total. The van der Waals surface area contributed by atoms with Crippen molar-refractivity contribution in [2.24, 2.45) is 5.73 Å². The molecule has 0 bridgehead atoms. The Kier molecular flexibility index (Phi) is 4.15. The summed E-state index contributed by atoms with van der Waals surface area (Å²) in [7, 11) is 0. The maximum Gasteiger partial charge on any atom is 0.328 e. The standard InChI is InChI=1S/C9H9ClINO2/c1-5(12)9(13)14-8-3-2-6(10)4-7(8)11/h2-5H,12H2,1H3/t5-/m0/s1. The Hall–Kier alpha value is -0.330. The lowest BCUT2D eigenvalue weighted by atomic mass is 10.3. The van der Waals surface area contributed by atoms with E-state index in [0.717, 1.165) is 3.57 Å². The molecule has 1 rings (SSSR count). The van der Waals surface area contributed by atoms with Crippen LogP contribution in [-0.4, -0.2) is 12.0 Å². The van der Waals surface area contributed by atoms with Crippen molar-refractivity contribution in [2.45, 2.75) is 13.0 Å². The fourth-order valence-electron chi connectivity index (χ4n) is 0.759. The summed E-state index contributed by atoms with van der Waals surface area (Å²) in [5, 5.41) is 0.606. The lowest BCUT2D eigenvalue weighted by Crippen LogP contribution is -2.31. The van der Waals surface area contributed by atoms with Crippen LogP contribution in [0.3, 0.4) is 0 Å². The van der Waals surface area contributed by atoms with Crippen molar-refractivity contribution >= 4 is 40.2 Å². The lowest BCUT2D eigenvalue weighted by molar-refractivity contribution is -0.135. The lowest BCUT2D eigenvalue weighted by Gasteiger charge is -2.08. The van der Waals surface area contributed by atoms with E-state index in [4.69, 9.17) is 22.1 Å². The monoisotopic (exact) mass is 325 g/mol. The van der Waals surface area contributed by atoms with E-state index in [1.807, 2.05) is 22.6 Å². The molecule has 0 spiro atoms. The van der Waals surface area contributed by atoms with E-state index in [1.54, 1.807) is 25.1 Å². The summed E-state index contributed by atoms with van der Waals surface area (Å²) in [5.74, 6) is 0.0301. The third-order valence-corrected chi connectivity index (χ3v) is 2.55. The highest BCUT2D eigenvalue weighted by atomic mass is 127. The van der Waals surface area contributed by atoms with Gasteiger partial charge >= 0.3 is 5.97 Å². The fourth-order valence-corrected chi connectivity index (χ4v) is 1.74. The van der Waals surface area contributed by atoms with E-state index in [-0.39, 0.29) is 0 Å². The number of rotatable bonds is 2. The number of carbonyl (C=O) groups is 1. The molecule has 0 radical (unpaired) electrons. The van der Waals surface area contributed by atoms with Gasteiger partial charge in [-0.15, -0.1) is 0 Å². The zero-order valence-corrected chi connectivity index (χ0v) is 10.4. The van der Waals surface area contributed by atoms with Crippen LogP contribution in [0.25, 0.3) is 0 Å². The predicted octanol–water partition coefficient (Wildman–Crippen LogP) is 2.20. The molecule has 0 aromatic heterocycles. The van der Waals surface area contributed by atoms with Gasteiger partial charge in [-0.3, -0.25) is 0 Å². The molecule has 5 heteroatoms. The van der Waals surface area contributed by atoms with Crippen LogP contribution in [0.2, 0.25) is 5.02 Å². The molecule has 0 aliphatic carbocycles. The average Bonchev–Trinajstić information content (AvgIpc) is 2.09. The molecule has 3 nitrogen and oxygen atoms in total. The first-order valence-corrected chi connectivity index (χ1v) is 5.38. The van der Waals surface area contributed by atoms with Gasteiger partial charge in [0.2, 0.25) is 0 Å². The van der Waals surface area contributed by atoms with Crippen molar-refractivity contribution in [1.29, 1.82) is 0 Å². The molecule has 0 fully saturated rings. The second kappa shape index (κ2) is 4.95. The Morgan fingerprint density at radius 1 is 1.64 bits per heavy atom. The Morgan fingerprint density at radius 3 is 2.79 bits per heavy atom. The summed E-state index contributed by atoms with van der Waals surface area (Å²) >= 11 is 7.79. The molecule has 0 saturated carbocycles. The molecule has 1 aromatic rings. The molecular formula is C9H9ClINO2. The SMILES string of the molecule is C[C@H](N)C(=O)Oc1ccc(Cl)cc1I. The molecule has 0 saturated heterocycles. The number of benzene rings is 1. The molecule has 76 valence electrons. The van der Waals surface area contributed by atoms with Crippen molar-refractivity contribution in [3.63, 3.8) is 0 Å². The van der Waals surface area contributed by atoms with Crippen LogP contribution in [0.4, 0.5) is 0 Å². The number of halogens is 2. The van der Waals surface area contributed by atoms with Crippen molar-refractivity contribution in [1.82, 2.24) is 0 Å². The topological polar surface area (TPSA) is 52.3 Å². The zero-order chi connectivity index (χ0) is 10.7. The molecule has 0 heterocycles. The predicted molar refractivity (Wildman–Crippen MR) is 63.5 cm³/mol. The highest BCUT2D eigenvalue weighted by molar-refractivity contribution is 14.1. The number of nitrogens with two attached hydrogens (primary N) is 1. The molecule has 0 amide bonds. The van der Waals surface area contributed by atoms with E-state index >= 15 is 0 Å². The van der Waals surface area contributed by atoms with Gasteiger partial charge in [0.1, 0.15) is 11.8 Å². The molecule has 0 aliphatic heterocycles. The third kappa shape index (κ3) is 3.11. The second-order valence-corrected chi connectivity index (χ2v) is 4.38. The summed E-state index contributed by atoms with van der Waals surface area (Å²) in [6.45, 7) is 1.57. The van der Waals surface area contributed by atoms with Crippen LogP contribution in [0.15, 0.2) is 18.2 Å². The highest BCUT2D eigenvalue weighted by Gasteiger charge is 2.12. The molecule has 1 aromatic carbocycles. The highest BCUT2D eigenvalue weighted by Crippen LogP contribution is 2.24.